The second-order valence-electron chi connectivity index (χ2n) is 3.07. The number of phenolic OH excluding ortho intramolecular Hbond substituents is 1. The molecule has 5 nitrogen and oxygen atoms in total. The fraction of sp³-hybridized carbons (Fsp3) is 0.300. The number of nitrogens with zero attached hydrogens (tertiary/aromatic N) is 1. The van der Waals surface area contributed by atoms with Crippen LogP contribution in [0.15, 0.2) is 12.1 Å². The number of ether oxygens (including phenoxy) is 1. The fourth-order valence-electron chi connectivity index (χ4n) is 1.26. The summed E-state index contributed by atoms with van der Waals surface area (Å²) in [6, 6.07) is 4.41. The SMILES string of the molecule is COc1cc(C#N)cc([C@H](N)CN)c1O. The minimum absolute atomic E-state index is 0.0607. The van der Waals surface area contributed by atoms with E-state index in [1.165, 1.54) is 19.2 Å². The molecule has 1 atom stereocenters. The first-order valence-electron chi connectivity index (χ1n) is 4.40. The van der Waals surface area contributed by atoms with Gasteiger partial charge in [-0.2, -0.15) is 5.26 Å². The Morgan fingerprint density at radius 3 is 2.73 bits per heavy atom. The summed E-state index contributed by atoms with van der Waals surface area (Å²) >= 11 is 0. The first-order valence-corrected chi connectivity index (χ1v) is 4.40. The summed E-state index contributed by atoms with van der Waals surface area (Å²) in [6.45, 7) is 0.186. The predicted molar refractivity (Wildman–Crippen MR) is 55.4 cm³/mol. The van der Waals surface area contributed by atoms with Crippen molar-refractivity contribution in [3.05, 3.63) is 23.3 Å². The number of nitriles is 1. The molecule has 0 unspecified atom stereocenters. The molecule has 0 aliphatic rings. The maximum atomic E-state index is 9.74. The van der Waals surface area contributed by atoms with Crippen molar-refractivity contribution < 1.29 is 9.84 Å². The summed E-state index contributed by atoms with van der Waals surface area (Å²) in [5, 5.41) is 18.5. The molecule has 1 aromatic carbocycles. The third-order valence-corrected chi connectivity index (χ3v) is 2.11. The zero-order valence-corrected chi connectivity index (χ0v) is 8.40. The molecule has 5 heteroatoms. The molecule has 0 aromatic heterocycles. The highest BCUT2D eigenvalue weighted by atomic mass is 16.5. The van der Waals surface area contributed by atoms with Crippen LogP contribution in [-0.2, 0) is 0 Å². The van der Waals surface area contributed by atoms with Crippen molar-refractivity contribution in [2.24, 2.45) is 11.5 Å². The van der Waals surface area contributed by atoms with Gasteiger partial charge in [0, 0.05) is 24.2 Å². The van der Waals surface area contributed by atoms with Crippen LogP contribution in [0.3, 0.4) is 0 Å². The molecule has 0 bridgehead atoms. The zero-order valence-electron chi connectivity index (χ0n) is 8.40. The number of aromatic hydroxyl groups is 1. The number of hydrogen-bond donors (Lipinski definition) is 3. The Labute approximate surface area is 87.9 Å². The molecule has 0 fully saturated rings. The van der Waals surface area contributed by atoms with Crippen molar-refractivity contribution in [2.75, 3.05) is 13.7 Å². The molecular formula is C10H13N3O2. The van der Waals surface area contributed by atoms with Crippen LogP contribution < -0.4 is 16.2 Å². The van der Waals surface area contributed by atoms with Crippen molar-refractivity contribution in [3.63, 3.8) is 0 Å². The first kappa shape index (κ1) is 11.3. The smallest absolute Gasteiger partial charge is 0.162 e. The quantitative estimate of drug-likeness (QED) is 0.658. The van der Waals surface area contributed by atoms with E-state index in [9.17, 15) is 5.11 Å². The monoisotopic (exact) mass is 207 g/mol. The van der Waals surface area contributed by atoms with E-state index < -0.39 is 6.04 Å². The van der Waals surface area contributed by atoms with Crippen LogP contribution in [0.25, 0.3) is 0 Å². The Balaban J connectivity index is 3.31. The first-order chi connectivity index (χ1) is 7.13. The lowest BCUT2D eigenvalue weighted by Gasteiger charge is -2.14. The van der Waals surface area contributed by atoms with Crippen LogP contribution in [0, 0.1) is 11.3 Å². The van der Waals surface area contributed by atoms with E-state index >= 15 is 0 Å². The van der Waals surface area contributed by atoms with E-state index in [1.807, 2.05) is 6.07 Å². The van der Waals surface area contributed by atoms with E-state index in [0.717, 1.165) is 0 Å². The van der Waals surface area contributed by atoms with E-state index in [1.54, 1.807) is 0 Å². The molecule has 0 spiro atoms. The van der Waals surface area contributed by atoms with Crippen molar-refractivity contribution in [1.29, 1.82) is 5.26 Å². The maximum absolute atomic E-state index is 9.74. The third kappa shape index (κ3) is 2.18. The number of phenols is 1. The third-order valence-electron chi connectivity index (χ3n) is 2.11. The van der Waals surface area contributed by atoms with Gasteiger partial charge in [-0.25, -0.2) is 0 Å². The van der Waals surface area contributed by atoms with Gasteiger partial charge in [-0.15, -0.1) is 0 Å². The Hall–Kier alpha value is -1.77. The van der Waals surface area contributed by atoms with Gasteiger partial charge < -0.3 is 21.3 Å². The number of methoxy groups -OCH3 is 1. The Kier molecular flexibility index (Phi) is 3.50. The Morgan fingerprint density at radius 1 is 1.60 bits per heavy atom. The van der Waals surface area contributed by atoms with Gasteiger partial charge in [-0.1, -0.05) is 0 Å². The second kappa shape index (κ2) is 4.64. The molecule has 80 valence electrons. The summed E-state index contributed by atoms with van der Waals surface area (Å²) in [7, 11) is 1.41. The Morgan fingerprint density at radius 2 is 2.27 bits per heavy atom. The van der Waals surface area contributed by atoms with Crippen LogP contribution in [0.5, 0.6) is 11.5 Å². The fourth-order valence-corrected chi connectivity index (χ4v) is 1.26. The number of benzene rings is 1. The minimum atomic E-state index is -0.507. The zero-order chi connectivity index (χ0) is 11.4. The van der Waals surface area contributed by atoms with Crippen molar-refractivity contribution in [3.8, 4) is 17.6 Å². The molecule has 1 rings (SSSR count). The van der Waals surface area contributed by atoms with Crippen LogP contribution in [0.2, 0.25) is 0 Å². The maximum Gasteiger partial charge on any atom is 0.162 e. The molecule has 0 saturated heterocycles. The molecular weight excluding hydrogens is 194 g/mol. The van der Waals surface area contributed by atoms with Crippen LogP contribution >= 0.6 is 0 Å². The van der Waals surface area contributed by atoms with Crippen LogP contribution in [0.4, 0.5) is 0 Å². The summed E-state index contributed by atoms with van der Waals surface area (Å²) in [4.78, 5) is 0. The van der Waals surface area contributed by atoms with E-state index in [0.29, 0.717) is 11.1 Å². The van der Waals surface area contributed by atoms with Gasteiger partial charge in [-0.05, 0) is 6.07 Å². The highest BCUT2D eigenvalue weighted by Gasteiger charge is 2.15. The van der Waals surface area contributed by atoms with Crippen molar-refractivity contribution >= 4 is 0 Å². The predicted octanol–water partition coefficient (Wildman–Crippen LogP) is 0.231. The highest BCUT2D eigenvalue weighted by Crippen LogP contribution is 2.33. The lowest BCUT2D eigenvalue weighted by atomic mass is 10.0. The minimum Gasteiger partial charge on any atom is -0.504 e. The molecule has 0 heterocycles. The molecule has 0 aliphatic heterocycles. The summed E-state index contributed by atoms with van der Waals surface area (Å²) in [6.07, 6.45) is 0. The summed E-state index contributed by atoms with van der Waals surface area (Å²) in [5.41, 5.74) is 11.9. The van der Waals surface area contributed by atoms with E-state index in [-0.39, 0.29) is 18.0 Å². The molecule has 0 radical (unpaired) electrons. The molecule has 15 heavy (non-hydrogen) atoms. The van der Waals surface area contributed by atoms with Gasteiger partial charge in [0.15, 0.2) is 11.5 Å². The molecule has 0 saturated carbocycles. The second-order valence-corrected chi connectivity index (χ2v) is 3.07. The van der Waals surface area contributed by atoms with Crippen molar-refractivity contribution in [2.45, 2.75) is 6.04 Å². The molecule has 0 aliphatic carbocycles. The Bertz CT molecular complexity index is 398. The van der Waals surface area contributed by atoms with E-state index in [2.05, 4.69) is 0 Å². The average molecular weight is 207 g/mol. The van der Waals surface area contributed by atoms with Crippen LogP contribution in [0.1, 0.15) is 17.2 Å². The normalized spacial score (nSPS) is 11.9. The largest absolute Gasteiger partial charge is 0.504 e. The van der Waals surface area contributed by atoms with Gasteiger partial charge in [0.25, 0.3) is 0 Å². The van der Waals surface area contributed by atoms with Crippen LogP contribution in [-0.4, -0.2) is 18.8 Å². The number of rotatable bonds is 3. The standard InChI is InChI=1S/C10H13N3O2/c1-15-9-3-6(4-11)2-7(10(9)14)8(13)5-12/h2-3,8,14H,5,12-13H2,1H3/t8-/m1/s1. The van der Waals surface area contributed by atoms with Crippen molar-refractivity contribution in [1.82, 2.24) is 0 Å². The summed E-state index contributed by atoms with van der Waals surface area (Å²) < 4.78 is 4.93. The van der Waals surface area contributed by atoms with Gasteiger partial charge in [0.2, 0.25) is 0 Å². The molecule has 5 N–H and O–H groups in total. The lowest BCUT2D eigenvalue weighted by Crippen LogP contribution is -2.21. The number of hydrogen-bond acceptors (Lipinski definition) is 5. The average Bonchev–Trinajstić information content (AvgIpc) is 2.28. The lowest BCUT2D eigenvalue weighted by molar-refractivity contribution is 0.368. The van der Waals surface area contributed by atoms with E-state index in [4.69, 9.17) is 21.5 Å². The van der Waals surface area contributed by atoms with Gasteiger partial charge in [0.05, 0.1) is 18.7 Å². The molecule has 1 aromatic rings. The summed E-state index contributed by atoms with van der Waals surface area (Å²) in [5.74, 6) is 0.169. The van der Waals surface area contributed by atoms with Gasteiger partial charge in [0.1, 0.15) is 0 Å². The number of nitrogens with two attached hydrogens (primary N) is 2. The molecule has 0 amide bonds. The van der Waals surface area contributed by atoms with Gasteiger partial charge in [-0.3, -0.25) is 0 Å². The topological polar surface area (TPSA) is 105 Å². The van der Waals surface area contributed by atoms with Gasteiger partial charge >= 0.3 is 0 Å². The highest BCUT2D eigenvalue weighted by molar-refractivity contribution is 5.52.